The van der Waals surface area contributed by atoms with Gasteiger partial charge >= 0.3 is 0 Å². The maximum Gasteiger partial charge on any atom is 0.240 e. The zero-order valence-corrected chi connectivity index (χ0v) is 9.39. The Morgan fingerprint density at radius 3 is 2.82 bits per heavy atom. The smallest absolute Gasteiger partial charge is 0.240 e. The molecule has 1 heterocycles. The molecule has 0 saturated heterocycles. The molecule has 0 fully saturated rings. The Morgan fingerprint density at radius 2 is 2.18 bits per heavy atom. The summed E-state index contributed by atoms with van der Waals surface area (Å²) in [5.41, 5.74) is 0.361. The Labute approximate surface area is 103 Å². The van der Waals surface area contributed by atoms with Crippen molar-refractivity contribution in [3.8, 4) is 11.5 Å². The van der Waals surface area contributed by atoms with Crippen LogP contribution in [0.3, 0.4) is 0 Å². The first-order chi connectivity index (χ1) is 8.29. The van der Waals surface area contributed by atoms with Crippen LogP contribution in [0.5, 0.6) is 11.5 Å². The molecule has 0 N–H and O–H groups in total. The molecule has 1 aromatic carbocycles. The molecule has 2 rings (SSSR count). The van der Waals surface area contributed by atoms with E-state index < -0.39 is 0 Å². The summed E-state index contributed by atoms with van der Waals surface area (Å²) in [6.45, 7) is 0. The normalized spacial score (nSPS) is 9.47. The third kappa shape index (κ3) is 2.91. The molecular weight excluding hydrogens is 240 g/mol. The van der Waals surface area contributed by atoms with Gasteiger partial charge in [0, 0.05) is 12.3 Å². The second-order valence-corrected chi connectivity index (χ2v) is 3.51. The van der Waals surface area contributed by atoms with Crippen molar-refractivity contribution in [3.05, 3.63) is 47.7 Å². The van der Waals surface area contributed by atoms with Gasteiger partial charge in [-0.25, -0.2) is 4.79 Å². The van der Waals surface area contributed by atoms with Crippen LogP contribution < -0.4 is 4.74 Å². The highest BCUT2D eigenvalue weighted by atomic mass is 35.5. The van der Waals surface area contributed by atoms with Crippen molar-refractivity contribution in [2.24, 2.45) is 4.99 Å². The molecule has 5 heteroatoms. The lowest BCUT2D eigenvalue weighted by Gasteiger charge is -2.05. The Bertz CT molecular complexity index is 566. The minimum Gasteiger partial charge on any atom is -0.456 e. The number of pyridine rings is 1. The zero-order chi connectivity index (χ0) is 12.1. The monoisotopic (exact) mass is 246 g/mol. The number of aliphatic imine (C=N–C) groups is 1. The molecule has 0 bridgehead atoms. The summed E-state index contributed by atoms with van der Waals surface area (Å²) < 4.78 is 5.51. The van der Waals surface area contributed by atoms with E-state index in [0.29, 0.717) is 22.2 Å². The third-order valence-electron chi connectivity index (χ3n) is 1.96. The fraction of sp³-hybridized carbons (Fsp3) is 0. The van der Waals surface area contributed by atoms with Crippen LogP contribution in [-0.2, 0) is 4.79 Å². The summed E-state index contributed by atoms with van der Waals surface area (Å²) in [5.74, 6) is 1.16. The first-order valence-electron chi connectivity index (χ1n) is 4.75. The fourth-order valence-electron chi connectivity index (χ4n) is 1.23. The van der Waals surface area contributed by atoms with Gasteiger partial charge in [0.25, 0.3) is 0 Å². The van der Waals surface area contributed by atoms with Gasteiger partial charge in [0.15, 0.2) is 0 Å². The van der Waals surface area contributed by atoms with Crippen molar-refractivity contribution in [2.75, 3.05) is 0 Å². The summed E-state index contributed by atoms with van der Waals surface area (Å²) in [4.78, 5) is 17.5. The predicted octanol–water partition coefficient (Wildman–Crippen LogP) is 3.49. The SMILES string of the molecule is O=C=Nc1ccc(Oc2cccnc2)cc1Cl. The fourth-order valence-corrected chi connectivity index (χ4v) is 1.45. The number of carbonyl (C=O) groups excluding carboxylic acids is 1. The molecule has 0 radical (unpaired) electrons. The second-order valence-electron chi connectivity index (χ2n) is 3.11. The van der Waals surface area contributed by atoms with Gasteiger partial charge in [0.05, 0.1) is 16.9 Å². The molecule has 0 spiro atoms. The topological polar surface area (TPSA) is 51.5 Å². The quantitative estimate of drug-likeness (QED) is 0.615. The lowest BCUT2D eigenvalue weighted by atomic mass is 10.3. The summed E-state index contributed by atoms with van der Waals surface area (Å²) in [6.07, 6.45) is 4.68. The van der Waals surface area contributed by atoms with Gasteiger partial charge in [-0.05, 0) is 24.3 Å². The summed E-state index contributed by atoms with van der Waals surface area (Å²) in [5, 5.41) is 0.328. The molecule has 17 heavy (non-hydrogen) atoms. The van der Waals surface area contributed by atoms with E-state index in [9.17, 15) is 4.79 Å². The number of nitrogens with zero attached hydrogens (tertiary/aromatic N) is 2. The summed E-state index contributed by atoms with van der Waals surface area (Å²) in [7, 11) is 0. The molecule has 0 saturated carbocycles. The van der Waals surface area contributed by atoms with Gasteiger partial charge in [-0.1, -0.05) is 11.6 Å². The van der Waals surface area contributed by atoms with E-state index in [4.69, 9.17) is 16.3 Å². The lowest BCUT2D eigenvalue weighted by Crippen LogP contribution is -1.84. The van der Waals surface area contributed by atoms with Crippen LogP contribution in [0.2, 0.25) is 5.02 Å². The largest absolute Gasteiger partial charge is 0.456 e. The van der Waals surface area contributed by atoms with Crippen molar-refractivity contribution in [2.45, 2.75) is 0 Å². The standard InChI is InChI=1S/C12H7ClN2O2/c13-11-6-9(3-4-12(11)15-8-16)17-10-2-1-5-14-7-10/h1-7H. The Kier molecular flexibility index (Phi) is 3.50. The lowest BCUT2D eigenvalue weighted by molar-refractivity contribution is 0.480. The number of halogens is 1. The van der Waals surface area contributed by atoms with Crippen molar-refractivity contribution < 1.29 is 9.53 Å². The Morgan fingerprint density at radius 1 is 1.29 bits per heavy atom. The third-order valence-corrected chi connectivity index (χ3v) is 2.26. The number of isocyanates is 1. The highest BCUT2D eigenvalue weighted by molar-refractivity contribution is 6.33. The highest BCUT2D eigenvalue weighted by Gasteiger charge is 2.02. The molecule has 1 aromatic heterocycles. The van der Waals surface area contributed by atoms with Gasteiger partial charge in [-0.2, -0.15) is 4.99 Å². The van der Waals surface area contributed by atoms with Gasteiger partial charge in [0.2, 0.25) is 6.08 Å². The maximum atomic E-state index is 10.1. The molecule has 0 unspecified atom stereocenters. The van der Waals surface area contributed by atoms with E-state index in [0.717, 1.165) is 0 Å². The molecule has 0 aliphatic heterocycles. The first-order valence-corrected chi connectivity index (χ1v) is 5.12. The van der Waals surface area contributed by atoms with Crippen molar-refractivity contribution in [1.82, 2.24) is 4.98 Å². The number of rotatable bonds is 3. The molecule has 0 aliphatic rings. The van der Waals surface area contributed by atoms with Gasteiger partial charge < -0.3 is 4.74 Å². The molecule has 2 aromatic rings. The van der Waals surface area contributed by atoms with Crippen LogP contribution in [0.15, 0.2) is 47.7 Å². The van der Waals surface area contributed by atoms with Crippen molar-refractivity contribution >= 4 is 23.4 Å². The molecule has 0 atom stereocenters. The second kappa shape index (κ2) is 5.25. The van der Waals surface area contributed by atoms with Crippen LogP contribution in [0.25, 0.3) is 0 Å². The van der Waals surface area contributed by atoms with Crippen LogP contribution >= 0.6 is 11.6 Å². The van der Waals surface area contributed by atoms with Gasteiger partial charge in [-0.15, -0.1) is 0 Å². The maximum absolute atomic E-state index is 10.1. The van der Waals surface area contributed by atoms with Gasteiger partial charge in [-0.3, -0.25) is 4.98 Å². The zero-order valence-electron chi connectivity index (χ0n) is 8.63. The molecule has 0 amide bonds. The molecule has 84 valence electrons. The number of benzene rings is 1. The first kappa shape index (κ1) is 11.3. The van der Waals surface area contributed by atoms with E-state index in [2.05, 4.69) is 9.98 Å². The van der Waals surface area contributed by atoms with Crippen molar-refractivity contribution in [3.63, 3.8) is 0 Å². The van der Waals surface area contributed by atoms with Crippen LogP contribution in [0.4, 0.5) is 5.69 Å². The van der Waals surface area contributed by atoms with E-state index in [1.165, 1.54) is 6.08 Å². The minimum atomic E-state index is 0.328. The number of hydrogen-bond donors (Lipinski definition) is 0. The number of ether oxygens (including phenoxy) is 1. The average molecular weight is 247 g/mol. The van der Waals surface area contributed by atoms with Crippen molar-refractivity contribution in [1.29, 1.82) is 0 Å². The van der Waals surface area contributed by atoms with E-state index in [-0.39, 0.29) is 0 Å². The Balaban J connectivity index is 2.24. The summed E-state index contributed by atoms with van der Waals surface area (Å²) in [6, 6.07) is 8.36. The minimum absolute atomic E-state index is 0.328. The average Bonchev–Trinajstić information content (AvgIpc) is 2.34. The van der Waals surface area contributed by atoms with Crippen LogP contribution in [-0.4, -0.2) is 11.1 Å². The molecule has 4 nitrogen and oxygen atoms in total. The van der Waals surface area contributed by atoms with E-state index >= 15 is 0 Å². The van der Waals surface area contributed by atoms with Gasteiger partial charge in [0.1, 0.15) is 11.5 Å². The predicted molar refractivity (Wildman–Crippen MR) is 63.5 cm³/mol. The highest BCUT2D eigenvalue weighted by Crippen LogP contribution is 2.30. The molecular formula is C12H7ClN2O2. The summed E-state index contributed by atoms with van der Waals surface area (Å²) >= 11 is 5.91. The number of aromatic nitrogens is 1. The molecule has 0 aliphatic carbocycles. The van der Waals surface area contributed by atoms with Crippen LogP contribution in [0, 0.1) is 0 Å². The van der Waals surface area contributed by atoms with E-state index in [1.54, 1.807) is 42.7 Å². The van der Waals surface area contributed by atoms with Crippen LogP contribution in [0.1, 0.15) is 0 Å². The number of hydrogen-bond acceptors (Lipinski definition) is 4. The van der Waals surface area contributed by atoms with E-state index in [1.807, 2.05) is 0 Å². The Hall–Kier alpha value is -2.16.